The van der Waals surface area contributed by atoms with Gasteiger partial charge in [-0.15, -0.1) is 0 Å². The van der Waals surface area contributed by atoms with Gasteiger partial charge >= 0.3 is 0 Å². The molecule has 0 saturated carbocycles. The number of amides is 2. The van der Waals surface area contributed by atoms with Crippen LogP contribution in [0.1, 0.15) is 58.9 Å². The molecule has 0 aromatic heterocycles. The first kappa shape index (κ1) is 18.5. The molecule has 1 aromatic carbocycles. The highest BCUT2D eigenvalue weighted by molar-refractivity contribution is 5.98. The fourth-order valence-corrected chi connectivity index (χ4v) is 3.17. The van der Waals surface area contributed by atoms with Crippen LogP contribution < -0.4 is 10.2 Å². The Morgan fingerprint density at radius 2 is 1.92 bits per heavy atom. The Bertz CT molecular complexity index is 591. The number of nitrogens with zero attached hydrogens (tertiary/aromatic N) is 1. The highest BCUT2D eigenvalue weighted by atomic mass is 16.2. The maximum Gasteiger partial charge on any atom is 0.227 e. The zero-order chi connectivity index (χ0) is 17.7. The van der Waals surface area contributed by atoms with Gasteiger partial charge in [0.2, 0.25) is 11.8 Å². The molecule has 0 bridgehead atoms. The largest absolute Gasteiger partial charge is 0.326 e. The number of carbonyl (C=O) groups is 2. The Morgan fingerprint density at radius 3 is 2.54 bits per heavy atom. The molecular weight excluding hydrogens is 300 g/mol. The third-order valence-corrected chi connectivity index (χ3v) is 4.83. The number of hydrogen-bond acceptors (Lipinski definition) is 2. The Kier molecular flexibility index (Phi) is 6.41. The van der Waals surface area contributed by atoms with Crippen molar-refractivity contribution in [3.63, 3.8) is 0 Å². The second-order valence-electron chi connectivity index (χ2n) is 7.07. The van der Waals surface area contributed by atoms with Crippen molar-refractivity contribution in [2.24, 2.45) is 11.8 Å². The van der Waals surface area contributed by atoms with Crippen LogP contribution in [-0.4, -0.2) is 18.4 Å². The van der Waals surface area contributed by atoms with Gasteiger partial charge in [0.1, 0.15) is 0 Å². The van der Waals surface area contributed by atoms with Crippen molar-refractivity contribution in [3.8, 4) is 0 Å². The van der Waals surface area contributed by atoms with Crippen molar-refractivity contribution in [3.05, 3.63) is 23.8 Å². The molecule has 1 aromatic rings. The molecular formula is C20H30N2O2. The molecule has 1 heterocycles. The third kappa shape index (κ3) is 4.37. The maximum absolute atomic E-state index is 12.3. The highest BCUT2D eigenvalue weighted by Crippen LogP contribution is 2.31. The molecule has 132 valence electrons. The van der Waals surface area contributed by atoms with E-state index in [1.165, 1.54) is 0 Å². The van der Waals surface area contributed by atoms with Gasteiger partial charge in [-0.2, -0.15) is 0 Å². The predicted octanol–water partition coefficient (Wildman–Crippen LogP) is 4.39. The number of nitrogens with one attached hydrogen (secondary N) is 1. The minimum absolute atomic E-state index is 0.0603. The van der Waals surface area contributed by atoms with Crippen LogP contribution in [0.2, 0.25) is 0 Å². The summed E-state index contributed by atoms with van der Waals surface area (Å²) in [6, 6.07) is 5.93. The standard InChI is InChI=1S/C20H30N2O2/c1-5-15(6-2)20(24)21-17-8-9-18-16(13-17)7-10-19(23)22(18)12-11-14(3)4/h8-9,13-15H,5-7,10-12H2,1-4H3,(H,21,24). The number of fused-ring (bicyclic) bond motifs is 1. The summed E-state index contributed by atoms with van der Waals surface area (Å²) >= 11 is 0. The second kappa shape index (κ2) is 8.32. The lowest BCUT2D eigenvalue weighted by Crippen LogP contribution is -2.36. The van der Waals surface area contributed by atoms with E-state index in [1.54, 1.807) is 0 Å². The van der Waals surface area contributed by atoms with Crippen LogP contribution in [0.3, 0.4) is 0 Å². The summed E-state index contributed by atoms with van der Waals surface area (Å²) in [5.74, 6) is 0.923. The van der Waals surface area contributed by atoms with Gasteiger partial charge in [0.15, 0.2) is 0 Å². The van der Waals surface area contributed by atoms with Gasteiger partial charge in [-0.1, -0.05) is 27.7 Å². The summed E-state index contributed by atoms with van der Waals surface area (Å²) in [7, 11) is 0. The first-order valence-electron chi connectivity index (χ1n) is 9.20. The molecule has 1 aliphatic rings. The van der Waals surface area contributed by atoms with E-state index in [2.05, 4.69) is 19.2 Å². The van der Waals surface area contributed by atoms with Crippen molar-refractivity contribution in [1.29, 1.82) is 0 Å². The number of hydrogen-bond donors (Lipinski definition) is 1. The van der Waals surface area contributed by atoms with Gasteiger partial charge in [-0.25, -0.2) is 0 Å². The van der Waals surface area contributed by atoms with E-state index >= 15 is 0 Å². The Hall–Kier alpha value is -1.84. The molecule has 2 amide bonds. The van der Waals surface area contributed by atoms with E-state index in [-0.39, 0.29) is 17.7 Å². The van der Waals surface area contributed by atoms with Crippen LogP contribution in [0.15, 0.2) is 18.2 Å². The van der Waals surface area contributed by atoms with Gasteiger partial charge in [0.25, 0.3) is 0 Å². The number of anilines is 2. The van der Waals surface area contributed by atoms with Crippen molar-refractivity contribution in [2.75, 3.05) is 16.8 Å². The van der Waals surface area contributed by atoms with Crippen molar-refractivity contribution >= 4 is 23.2 Å². The summed E-state index contributed by atoms with van der Waals surface area (Å²) in [4.78, 5) is 26.4. The monoisotopic (exact) mass is 330 g/mol. The minimum atomic E-state index is 0.0603. The van der Waals surface area contributed by atoms with E-state index in [1.807, 2.05) is 36.9 Å². The molecule has 0 aliphatic carbocycles. The van der Waals surface area contributed by atoms with Crippen LogP contribution in [0.5, 0.6) is 0 Å². The molecule has 4 heteroatoms. The molecule has 1 aliphatic heterocycles. The summed E-state index contributed by atoms with van der Waals surface area (Å²) in [5, 5.41) is 3.03. The first-order chi connectivity index (χ1) is 11.5. The summed E-state index contributed by atoms with van der Waals surface area (Å²) < 4.78 is 0. The number of aryl methyl sites for hydroxylation is 1. The topological polar surface area (TPSA) is 49.4 Å². The zero-order valence-corrected chi connectivity index (χ0v) is 15.4. The summed E-state index contributed by atoms with van der Waals surface area (Å²) in [6.45, 7) is 9.19. The third-order valence-electron chi connectivity index (χ3n) is 4.83. The average Bonchev–Trinajstić information content (AvgIpc) is 2.55. The molecule has 0 saturated heterocycles. The smallest absolute Gasteiger partial charge is 0.227 e. The van der Waals surface area contributed by atoms with Crippen molar-refractivity contribution in [1.82, 2.24) is 0 Å². The minimum Gasteiger partial charge on any atom is -0.326 e. The number of benzene rings is 1. The van der Waals surface area contributed by atoms with Gasteiger partial charge < -0.3 is 10.2 Å². The Balaban J connectivity index is 2.15. The van der Waals surface area contributed by atoms with E-state index in [9.17, 15) is 9.59 Å². The molecule has 0 fully saturated rings. The van der Waals surface area contributed by atoms with Crippen LogP contribution in [0.25, 0.3) is 0 Å². The number of carbonyl (C=O) groups excluding carboxylic acids is 2. The molecule has 24 heavy (non-hydrogen) atoms. The SMILES string of the molecule is CCC(CC)C(=O)Nc1ccc2c(c1)CCC(=O)N2CCC(C)C. The quantitative estimate of drug-likeness (QED) is 0.806. The molecule has 0 atom stereocenters. The van der Waals surface area contributed by atoms with Gasteiger partial charge in [0.05, 0.1) is 0 Å². The Labute approximate surface area is 145 Å². The van der Waals surface area contributed by atoms with E-state index in [4.69, 9.17) is 0 Å². The van der Waals surface area contributed by atoms with E-state index < -0.39 is 0 Å². The van der Waals surface area contributed by atoms with Gasteiger partial charge in [0, 0.05) is 30.3 Å². The molecule has 4 nitrogen and oxygen atoms in total. The number of rotatable bonds is 7. The predicted molar refractivity (Wildman–Crippen MR) is 99.3 cm³/mol. The second-order valence-corrected chi connectivity index (χ2v) is 7.07. The fraction of sp³-hybridized carbons (Fsp3) is 0.600. The molecule has 1 N–H and O–H groups in total. The van der Waals surface area contributed by atoms with E-state index in [0.717, 1.165) is 49.2 Å². The highest BCUT2D eigenvalue weighted by Gasteiger charge is 2.24. The summed E-state index contributed by atoms with van der Waals surface area (Å²) in [5.41, 5.74) is 3.00. The first-order valence-corrected chi connectivity index (χ1v) is 9.20. The van der Waals surface area contributed by atoms with Crippen LogP contribution in [0.4, 0.5) is 11.4 Å². The lowest BCUT2D eigenvalue weighted by molar-refractivity contribution is -0.120. The lowest BCUT2D eigenvalue weighted by atomic mass is 9.98. The molecule has 0 spiro atoms. The Morgan fingerprint density at radius 1 is 1.21 bits per heavy atom. The van der Waals surface area contributed by atoms with Crippen molar-refractivity contribution in [2.45, 2.75) is 59.8 Å². The molecule has 2 rings (SSSR count). The molecule has 0 unspecified atom stereocenters. The normalized spacial score (nSPS) is 14.2. The van der Waals surface area contributed by atoms with Gasteiger partial charge in [-0.05, 0) is 55.4 Å². The van der Waals surface area contributed by atoms with Crippen molar-refractivity contribution < 1.29 is 9.59 Å². The zero-order valence-electron chi connectivity index (χ0n) is 15.4. The lowest BCUT2D eigenvalue weighted by Gasteiger charge is -2.30. The van der Waals surface area contributed by atoms with Gasteiger partial charge in [-0.3, -0.25) is 9.59 Å². The van der Waals surface area contributed by atoms with Crippen LogP contribution >= 0.6 is 0 Å². The maximum atomic E-state index is 12.3. The van der Waals surface area contributed by atoms with Crippen LogP contribution in [0, 0.1) is 11.8 Å². The van der Waals surface area contributed by atoms with E-state index in [0.29, 0.717) is 12.3 Å². The van der Waals surface area contributed by atoms with Crippen LogP contribution in [-0.2, 0) is 16.0 Å². The molecule has 0 radical (unpaired) electrons. The average molecular weight is 330 g/mol. The fourth-order valence-electron chi connectivity index (χ4n) is 3.17. The summed E-state index contributed by atoms with van der Waals surface area (Å²) in [6.07, 6.45) is 4.00.